The lowest BCUT2D eigenvalue weighted by Crippen LogP contribution is -2.44. The Hall–Kier alpha value is -3.22. The number of methoxy groups -OCH3 is 3. The van der Waals surface area contributed by atoms with Crippen LogP contribution in [0.2, 0.25) is 0 Å². The molecular weight excluding hydrogens is 360 g/mol. The van der Waals surface area contributed by atoms with Crippen molar-refractivity contribution in [3.63, 3.8) is 0 Å². The van der Waals surface area contributed by atoms with Gasteiger partial charge in [0, 0.05) is 5.56 Å². The summed E-state index contributed by atoms with van der Waals surface area (Å²) in [5.74, 6) is -0.00758. The molecule has 0 aromatic heterocycles. The van der Waals surface area contributed by atoms with Gasteiger partial charge in [-0.3, -0.25) is 20.4 Å². The van der Waals surface area contributed by atoms with E-state index in [4.69, 9.17) is 14.2 Å². The third kappa shape index (κ3) is 4.94. The number of carbonyl (C=O) groups is 2. The highest BCUT2D eigenvalue weighted by Gasteiger charge is 2.21. The standard InChI is InChI=1S/C21H26N2O5/c1-5-9-16(14-10-7-6-8-11-14)21(25)23-22-20(24)15-12-17(26-2)19(28-4)18(13-15)27-3/h6-8,10-13,16H,5,9H2,1-4H3,(H,22,24)(H,23,25)/t16-/m0/s1. The molecule has 2 amide bonds. The van der Waals surface area contributed by atoms with Gasteiger partial charge < -0.3 is 14.2 Å². The Morgan fingerprint density at radius 3 is 2.04 bits per heavy atom. The van der Waals surface area contributed by atoms with Crippen molar-refractivity contribution in [1.29, 1.82) is 0 Å². The molecule has 2 N–H and O–H groups in total. The lowest BCUT2D eigenvalue weighted by Gasteiger charge is -2.17. The molecule has 2 rings (SSSR count). The van der Waals surface area contributed by atoms with Crippen LogP contribution in [0.4, 0.5) is 0 Å². The van der Waals surface area contributed by atoms with Gasteiger partial charge in [0.1, 0.15) is 0 Å². The second-order valence-electron chi connectivity index (χ2n) is 6.11. The number of benzene rings is 2. The third-order valence-corrected chi connectivity index (χ3v) is 4.32. The molecule has 0 heterocycles. The van der Waals surface area contributed by atoms with Crippen LogP contribution in [0.25, 0.3) is 0 Å². The van der Waals surface area contributed by atoms with Crippen molar-refractivity contribution < 1.29 is 23.8 Å². The highest BCUT2D eigenvalue weighted by Crippen LogP contribution is 2.38. The van der Waals surface area contributed by atoms with Crippen molar-refractivity contribution >= 4 is 11.8 Å². The van der Waals surface area contributed by atoms with Crippen LogP contribution in [0.3, 0.4) is 0 Å². The number of rotatable bonds is 8. The van der Waals surface area contributed by atoms with Crippen LogP contribution in [0, 0.1) is 0 Å². The molecular formula is C21H26N2O5. The molecule has 2 aromatic rings. The second-order valence-corrected chi connectivity index (χ2v) is 6.11. The maximum Gasteiger partial charge on any atom is 0.269 e. The van der Waals surface area contributed by atoms with Gasteiger partial charge in [-0.15, -0.1) is 0 Å². The normalized spacial score (nSPS) is 11.3. The molecule has 7 heteroatoms. The molecule has 0 aliphatic carbocycles. The molecule has 28 heavy (non-hydrogen) atoms. The molecule has 0 spiro atoms. The van der Waals surface area contributed by atoms with Crippen LogP contribution in [0.15, 0.2) is 42.5 Å². The minimum absolute atomic E-state index is 0.265. The zero-order chi connectivity index (χ0) is 20.5. The van der Waals surface area contributed by atoms with Gasteiger partial charge in [-0.05, 0) is 24.1 Å². The van der Waals surface area contributed by atoms with E-state index in [9.17, 15) is 9.59 Å². The van der Waals surface area contributed by atoms with E-state index in [-0.39, 0.29) is 17.4 Å². The molecule has 7 nitrogen and oxygen atoms in total. The van der Waals surface area contributed by atoms with Crippen molar-refractivity contribution in [2.45, 2.75) is 25.7 Å². The Bertz CT molecular complexity index is 783. The van der Waals surface area contributed by atoms with E-state index in [1.165, 1.54) is 33.5 Å². The molecule has 0 aliphatic rings. The smallest absolute Gasteiger partial charge is 0.269 e. The van der Waals surface area contributed by atoms with E-state index in [0.29, 0.717) is 23.7 Å². The topological polar surface area (TPSA) is 85.9 Å². The van der Waals surface area contributed by atoms with E-state index >= 15 is 0 Å². The quantitative estimate of drug-likeness (QED) is 0.681. The number of carbonyl (C=O) groups excluding carboxylic acids is 2. The first-order valence-electron chi connectivity index (χ1n) is 9.00. The molecule has 0 saturated carbocycles. The van der Waals surface area contributed by atoms with Crippen molar-refractivity contribution in [1.82, 2.24) is 10.9 Å². The summed E-state index contributed by atoms with van der Waals surface area (Å²) in [7, 11) is 4.42. The van der Waals surface area contributed by atoms with Crippen LogP contribution in [0.1, 0.15) is 41.6 Å². The van der Waals surface area contributed by atoms with Gasteiger partial charge in [-0.2, -0.15) is 0 Å². The summed E-state index contributed by atoms with van der Waals surface area (Å²) < 4.78 is 15.7. The average Bonchev–Trinajstić information content (AvgIpc) is 2.74. The van der Waals surface area contributed by atoms with E-state index in [0.717, 1.165) is 12.0 Å². The zero-order valence-electron chi connectivity index (χ0n) is 16.6. The number of hydrazine groups is 1. The van der Waals surface area contributed by atoms with Gasteiger partial charge in [0.05, 0.1) is 27.2 Å². The van der Waals surface area contributed by atoms with E-state index in [1.54, 1.807) is 0 Å². The SMILES string of the molecule is CCC[C@H](C(=O)NNC(=O)c1cc(OC)c(OC)c(OC)c1)c1ccccc1. The van der Waals surface area contributed by atoms with E-state index < -0.39 is 5.91 Å². The molecule has 0 saturated heterocycles. The van der Waals surface area contributed by atoms with Crippen molar-refractivity contribution in [3.05, 3.63) is 53.6 Å². The molecule has 0 fully saturated rings. The zero-order valence-corrected chi connectivity index (χ0v) is 16.6. The predicted molar refractivity (Wildman–Crippen MR) is 106 cm³/mol. The first-order chi connectivity index (χ1) is 13.5. The van der Waals surface area contributed by atoms with E-state index in [2.05, 4.69) is 10.9 Å². The lowest BCUT2D eigenvalue weighted by atomic mass is 9.94. The fourth-order valence-electron chi connectivity index (χ4n) is 2.91. The van der Waals surface area contributed by atoms with Crippen LogP contribution in [0.5, 0.6) is 17.2 Å². The van der Waals surface area contributed by atoms with Crippen molar-refractivity contribution in [2.24, 2.45) is 0 Å². The molecule has 0 aliphatic heterocycles. The van der Waals surface area contributed by atoms with Crippen LogP contribution < -0.4 is 25.1 Å². The number of hydrogen-bond acceptors (Lipinski definition) is 5. The summed E-state index contributed by atoms with van der Waals surface area (Å²) >= 11 is 0. The average molecular weight is 386 g/mol. The molecule has 0 radical (unpaired) electrons. The minimum atomic E-state index is -0.490. The molecule has 2 aromatic carbocycles. The summed E-state index contributed by atoms with van der Waals surface area (Å²) in [6.07, 6.45) is 1.52. The monoisotopic (exact) mass is 386 g/mol. The van der Waals surface area contributed by atoms with E-state index in [1.807, 2.05) is 37.3 Å². The largest absolute Gasteiger partial charge is 0.493 e. The number of amides is 2. The van der Waals surface area contributed by atoms with Gasteiger partial charge in [-0.25, -0.2) is 0 Å². The lowest BCUT2D eigenvalue weighted by molar-refractivity contribution is -0.123. The third-order valence-electron chi connectivity index (χ3n) is 4.32. The molecule has 0 unspecified atom stereocenters. The fourth-order valence-corrected chi connectivity index (χ4v) is 2.91. The molecule has 0 bridgehead atoms. The van der Waals surface area contributed by atoms with Gasteiger partial charge >= 0.3 is 0 Å². The van der Waals surface area contributed by atoms with Crippen LogP contribution in [-0.2, 0) is 4.79 Å². The summed E-state index contributed by atoms with van der Waals surface area (Å²) in [5, 5.41) is 0. The maximum atomic E-state index is 12.6. The Morgan fingerprint density at radius 2 is 1.54 bits per heavy atom. The van der Waals surface area contributed by atoms with Crippen LogP contribution in [-0.4, -0.2) is 33.1 Å². The van der Waals surface area contributed by atoms with Gasteiger partial charge in [0.15, 0.2) is 11.5 Å². The molecule has 150 valence electrons. The van der Waals surface area contributed by atoms with Gasteiger partial charge in [0.2, 0.25) is 11.7 Å². The summed E-state index contributed by atoms with van der Waals surface area (Å²) in [5.41, 5.74) is 6.15. The first-order valence-corrected chi connectivity index (χ1v) is 9.00. The number of ether oxygens (including phenoxy) is 3. The highest BCUT2D eigenvalue weighted by atomic mass is 16.5. The summed E-state index contributed by atoms with van der Waals surface area (Å²) in [6, 6.07) is 12.5. The van der Waals surface area contributed by atoms with Crippen molar-refractivity contribution in [2.75, 3.05) is 21.3 Å². The second kappa shape index (κ2) is 10.2. The van der Waals surface area contributed by atoms with Crippen molar-refractivity contribution in [3.8, 4) is 17.2 Å². The number of nitrogens with one attached hydrogen (secondary N) is 2. The fraction of sp³-hybridized carbons (Fsp3) is 0.333. The summed E-state index contributed by atoms with van der Waals surface area (Å²) in [4.78, 5) is 25.1. The first kappa shape index (κ1) is 21.1. The minimum Gasteiger partial charge on any atom is -0.493 e. The number of hydrogen-bond donors (Lipinski definition) is 2. The molecule has 1 atom stereocenters. The Balaban J connectivity index is 2.13. The Morgan fingerprint density at radius 1 is 0.929 bits per heavy atom. The maximum absolute atomic E-state index is 12.6. The van der Waals surface area contributed by atoms with Crippen LogP contribution >= 0.6 is 0 Å². The summed E-state index contributed by atoms with van der Waals surface area (Å²) in [6.45, 7) is 2.01. The highest BCUT2D eigenvalue weighted by molar-refractivity contribution is 5.97. The Kier molecular flexibility index (Phi) is 7.68. The van der Waals surface area contributed by atoms with Gasteiger partial charge in [-0.1, -0.05) is 43.7 Å². The van der Waals surface area contributed by atoms with Gasteiger partial charge in [0.25, 0.3) is 5.91 Å². The predicted octanol–water partition coefficient (Wildman–Crippen LogP) is 3.06. The Labute approximate surface area is 165 Å².